The van der Waals surface area contributed by atoms with Gasteiger partial charge in [0.15, 0.2) is 5.69 Å². The first-order valence-corrected chi connectivity index (χ1v) is 8.78. The maximum Gasteiger partial charge on any atom is 0.278 e. The topological polar surface area (TPSA) is 101 Å². The van der Waals surface area contributed by atoms with E-state index in [-0.39, 0.29) is 23.6 Å². The Morgan fingerprint density at radius 3 is 2.62 bits per heavy atom. The Morgan fingerprint density at radius 1 is 1.19 bits per heavy atom. The molecule has 0 atom stereocenters. The number of anilines is 1. The van der Waals surface area contributed by atoms with Crippen LogP contribution >= 0.6 is 0 Å². The molecule has 0 spiro atoms. The lowest BCUT2D eigenvalue weighted by atomic mass is 10.1. The van der Waals surface area contributed by atoms with E-state index in [9.17, 15) is 9.59 Å². The second-order valence-corrected chi connectivity index (χ2v) is 6.53. The van der Waals surface area contributed by atoms with E-state index in [1.807, 2.05) is 24.6 Å². The Kier molecular flexibility index (Phi) is 5.32. The van der Waals surface area contributed by atoms with Crippen LogP contribution in [0.4, 0.5) is 5.69 Å². The summed E-state index contributed by atoms with van der Waals surface area (Å²) in [6.07, 6.45) is 1.92. The Balaban J connectivity index is 1.83. The van der Waals surface area contributed by atoms with Crippen LogP contribution in [0.2, 0.25) is 0 Å². The number of hydrogen-bond acceptors (Lipinski definition) is 5. The van der Waals surface area contributed by atoms with Gasteiger partial charge >= 0.3 is 0 Å². The van der Waals surface area contributed by atoms with Crippen LogP contribution < -0.4 is 16.0 Å². The van der Waals surface area contributed by atoms with E-state index < -0.39 is 0 Å². The maximum absolute atomic E-state index is 12.7. The zero-order chi connectivity index (χ0) is 18.7. The lowest BCUT2D eigenvalue weighted by molar-refractivity contribution is 0.0964. The molecule has 0 aliphatic carbocycles. The fourth-order valence-electron chi connectivity index (χ4n) is 3.22. The average Bonchev–Trinajstić information content (AvgIpc) is 3.04. The van der Waals surface area contributed by atoms with Gasteiger partial charge in [0, 0.05) is 7.05 Å². The van der Waals surface area contributed by atoms with Gasteiger partial charge in [0.05, 0.1) is 23.0 Å². The molecule has 3 rings (SSSR count). The van der Waals surface area contributed by atoms with Crippen LogP contribution in [0.15, 0.2) is 18.2 Å². The van der Waals surface area contributed by atoms with E-state index in [0.717, 1.165) is 37.2 Å². The normalized spacial score (nSPS) is 14.9. The summed E-state index contributed by atoms with van der Waals surface area (Å²) in [6, 6.07) is 5.57. The molecule has 1 aromatic carbocycles. The van der Waals surface area contributed by atoms with Crippen molar-refractivity contribution in [2.75, 3.05) is 25.5 Å². The fraction of sp³-hybridized carbons (Fsp3) is 0.444. The minimum absolute atomic E-state index is 0.251. The van der Waals surface area contributed by atoms with E-state index in [4.69, 9.17) is 0 Å². The van der Waals surface area contributed by atoms with Crippen molar-refractivity contribution in [2.24, 2.45) is 0 Å². The van der Waals surface area contributed by atoms with E-state index in [0.29, 0.717) is 11.3 Å². The van der Waals surface area contributed by atoms with E-state index >= 15 is 0 Å². The molecule has 2 aromatic rings. The van der Waals surface area contributed by atoms with Crippen molar-refractivity contribution < 1.29 is 9.59 Å². The second-order valence-electron chi connectivity index (χ2n) is 6.53. The quantitative estimate of drug-likeness (QED) is 0.769. The van der Waals surface area contributed by atoms with Crippen molar-refractivity contribution in [3.63, 3.8) is 0 Å². The van der Waals surface area contributed by atoms with Crippen molar-refractivity contribution in [2.45, 2.75) is 32.7 Å². The van der Waals surface area contributed by atoms with Crippen molar-refractivity contribution in [1.29, 1.82) is 0 Å². The third-order valence-corrected chi connectivity index (χ3v) is 4.69. The zero-order valence-electron chi connectivity index (χ0n) is 15.3. The van der Waals surface area contributed by atoms with E-state index in [1.54, 1.807) is 19.2 Å². The van der Waals surface area contributed by atoms with Crippen molar-refractivity contribution in [3.05, 3.63) is 40.7 Å². The molecule has 0 unspecified atom stereocenters. The number of rotatable bonds is 4. The summed E-state index contributed by atoms with van der Waals surface area (Å²) in [6.45, 7) is 5.62. The number of amides is 2. The number of hydrogen-bond donors (Lipinski definition) is 3. The molecule has 3 N–H and O–H groups in total. The number of aryl methyl sites for hydroxylation is 1. The molecule has 0 saturated carbocycles. The predicted octanol–water partition coefficient (Wildman–Crippen LogP) is 1.43. The van der Waals surface area contributed by atoms with Crippen LogP contribution in [0.25, 0.3) is 0 Å². The van der Waals surface area contributed by atoms with Gasteiger partial charge in [0.2, 0.25) is 0 Å². The number of piperidine rings is 1. The minimum Gasteiger partial charge on any atom is -0.355 e. The summed E-state index contributed by atoms with van der Waals surface area (Å²) in [5.41, 5.74) is 2.84. The highest BCUT2D eigenvalue weighted by molar-refractivity contribution is 6.08. The van der Waals surface area contributed by atoms with Gasteiger partial charge in [-0.15, -0.1) is 5.10 Å². The number of nitrogens with one attached hydrogen (secondary N) is 3. The highest BCUT2D eigenvalue weighted by Gasteiger charge is 2.23. The maximum atomic E-state index is 12.7. The molecule has 26 heavy (non-hydrogen) atoms. The first-order chi connectivity index (χ1) is 12.5. The lowest BCUT2D eigenvalue weighted by Crippen LogP contribution is -2.30. The highest BCUT2D eigenvalue weighted by Crippen LogP contribution is 2.22. The first kappa shape index (κ1) is 18.1. The van der Waals surface area contributed by atoms with Crippen LogP contribution in [-0.2, 0) is 0 Å². The lowest BCUT2D eigenvalue weighted by Gasteiger charge is -2.23. The molecule has 138 valence electrons. The third kappa shape index (κ3) is 3.60. The molecule has 1 fully saturated rings. The highest BCUT2D eigenvalue weighted by atomic mass is 16.2. The molecule has 2 amide bonds. The van der Waals surface area contributed by atoms with Crippen LogP contribution in [0.5, 0.6) is 0 Å². The minimum atomic E-state index is -0.364. The monoisotopic (exact) mass is 356 g/mol. The molecule has 1 aliphatic heterocycles. The van der Waals surface area contributed by atoms with Gasteiger partial charge in [0.1, 0.15) is 0 Å². The van der Waals surface area contributed by atoms with Gasteiger partial charge in [-0.3, -0.25) is 9.59 Å². The molecule has 1 saturated heterocycles. The summed E-state index contributed by atoms with van der Waals surface area (Å²) >= 11 is 0. The van der Waals surface area contributed by atoms with E-state index in [1.165, 1.54) is 0 Å². The van der Waals surface area contributed by atoms with Gasteiger partial charge in [-0.2, -0.15) is 0 Å². The van der Waals surface area contributed by atoms with Crippen molar-refractivity contribution >= 4 is 17.5 Å². The standard InChI is InChI=1S/C18H24N6O2/c1-11-4-5-15(14(10-11)17(25)19-3)21-18(26)16-12(2)24(23-22-16)13-6-8-20-9-7-13/h4-5,10,13,20H,6-9H2,1-3H3,(H,19,25)(H,21,26). The zero-order valence-corrected chi connectivity index (χ0v) is 15.3. The summed E-state index contributed by atoms with van der Waals surface area (Å²) in [7, 11) is 1.56. The predicted molar refractivity (Wildman–Crippen MR) is 98.4 cm³/mol. The number of aromatic nitrogens is 3. The number of carbonyl (C=O) groups excluding carboxylic acids is 2. The van der Waals surface area contributed by atoms with Gasteiger partial charge in [-0.25, -0.2) is 4.68 Å². The third-order valence-electron chi connectivity index (χ3n) is 4.69. The number of nitrogens with zero attached hydrogens (tertiary/aromatic N) is 3. The fourth-order valence-corrected chi connectivity index (χ4v) is 3.22. The summed E-state index contributed by atoms with van der Waals surface area (Å²) in [5, 5.41) is 17.0. The van der Waals surface area contributed by atoms with Crippen LogP contribution in [0, 0.1) is 13.8 Å². The van der Waals surface area contributed by atoms with Gasteiger partial charge in [0.25, 0.3) is 11.8 Å². The van der Waals surface area contributed by atoms with E-state index in [2.05, 4.69) is 26.3 Å². The Morgan fingerprint density at radius 2 is 1.92 bits per heavy atom. The number of benzene rings is 1. The molecule has 8 nitrogen and oxygen atoms in total. The van der Waals surface area contributed by atoms with Crippen LogP contribution in [-0.4, -0.2) is 46.9 Å². The second kappa shape index (κ2) is 7.65. The Labute approximate surface area is 152 Å². The molecule has 0 bridgehead atoms. The van der Waals surface area contributed by atoms with Gasteiger partial charge < -0.3 is 16.0 Å². The van der Waals surface area contributed by atoms with Gasteiger partial charge in [-0.1, -0.05) is 16.8 Å². The smallest absolute Gasteiger partial charge is 0.278 e. The SMILES string of the molecule is CNC(=O)c1cc(C)ccc1NC(=O)c1nnn(C2CCNCC2)c1C. The summed E-state index contributed by atoms with van der Waals surface area (Å²) in [4.78, 5) is 24.8. The molecule has 1 aliphatic rings. The first-order valence-electron chi connectivity index (χ1n) is 8.78. The summed E-state index contributed by atoms with van der Waals surface area (Å²) in [5.74, 6) is -0.615. The molecule has 1 aromatic heterocycles. The molecule has 8 heteroatoms. The largest absolute Gasteiger partial charge is 0.355 e. The average molecular weight is 356 g/mol. The molecular weight excluding hydrogens is 332 g/mol. The summed E-state index contributed by atoms with van der Waals surface area (Å²) < 4.78 is 1.84. The van der Waals surface area contributed by atoms with Crippen molar-refractivity contribution in [3.8, 4) is 0 Å². The molecular formula is C18H24N6O2. The molecule has 0 radical (unpaired) electrons. The Hall–Kier alpha value is -2.74. The van der Waals surface area contributed by atoms with Crippen LogP contribution in [0.3, 0.4) is 0 Å². The Bertz CT molecular complexity index is 823. The van der Waals surface area contributed by atoms with Gasteiger partial charge in [-0.05, 0) is 51.9 Å². The number of carbonyl (C=O) groups is 2. The van der Waals surface area contributed by atoms with Crippen molar-refractivity contribution in [1.82, 2.24) is 25.6 Å². The molecule has 2 heterocycles. The van der Waals surface area contributed by atoms with Crippen LogP contribution in [0.1, 0.15) is 51.0 Å².